The maximum Gasteiger partial charge on any atom is 0.234 e. The van der Waals surface area contributed by atoms with Gasteiger partial charge in [0.15, 0.2) is 0 Å². The normalized spacial score (nSPS) is 9.20. The van der Waals surface area contributed by atoms with E-state index in [0.29, 0.717) is 39.1 Å². The minimum absolute atomic E-state index is 0.425. The molecule has 0 aromatic heterocycles. The van der Waals surface area contributed by atoms with Crippen LogP contribution in [0.15, 0.2) is 34.3 Å². The van der Waals surface area contributed by atoms with E-state index in [1.54, 1.807) is 0 Å². The summed E-state index contributed by atoms with van der Waals surface area (Å²) in [5, 5.41) is 0. The van der Waals surface area contributed by atoms with Crippen LogP contribution >= 0.6 is 0 Å². The summed E-state index contributed by atoms with van der Waals surface area (Å²) in [6.45, 7) is 1.84. The van der Waals surface area contributed by atoms with Crippen LogP contribution in [0.2, 0.25) is 0 Å². The molecule has 6 nitrogen and oxygen atoms in total. The van der Waals surface area contributed by atoms with Crippen LogP contribution in [-0.2, 0) is 9.59 Å². The lowest BCUT2D eigenvalue weighted by atomic mass is 10.3. The second-order valence-electron chi connectivity index (χ2n) is 3.82. The van der Waals surface area contributed by atoms with Crippen LogP contribution in [0, 0.1) is 0 Å². The van der Waals surface area contributed by atoms with Crippen LogP contribution in [0.25, 0.3) is 0 Å². The highest BCUT2D eigenvalue weighted by Gasteiger charge is 1.96. The lowest BCUT2D eigenvalue weighted by Crippen LogP contribution is -2.00. The van der Waals surface area contributed by atoms with E-state index in [0.717, 1.165) is 11.5 Å². The number of hydrogen-bond donors (Lipinski definition) is 0. The average Bonchev–Trinajstić information content (AvgIpc) is 2.48. The molecule has 0 saturated heterocycles. The van der Waals surface area contributed by atoms with Gasteiger partial charge in [-0.15, -0.1) is 0 Å². The van der Waals surface area contributed by atoms with Gasteiger partial charge < -0.3 is 9.47 Å². The molecule has 0 aliphatic rings. The van der Waals surface area contributed by atoms with Gasteiger partial charge in [0.05, 0.1) is 26.3 Å². The van der Waals surface area contributed by atoms with Gasteiger partial charge in [0.25, 0.3) is 0 Å². The van der Waals surface area contributed by atoms with Crippen molar-refractivity contribution < 1.29 is 19.1 Å². The SMILES string of the molecule is O=C=NCCCOc1ccc(OCCCN=C=O)cc1. The molecule has 0 fully saturated rings. The predicted octanol–water partition coefficient (Wildman–Crippen LogP) is 1.90. The minimum atomic E-state index is 0.425. The molecule has 0 amide bonds. The second-order valence-corrected chi connectivity index (χ2v) is 3.82. The number of hydrogen-bond acceptors (Lipinski definition) is 6. The standard InChI is InChI=1S/C14H16N2O4/c17-11-15-7-1-9-19-13-3-5-14(6-4-13)20-10-2-8-16-12-18/h3-6H,1-2,7-10H2. The van der Waals surface area contributed by atoms with Crippen molar-refractivity contribution in [2.75, 3.05) is 26.3 Å². The predicted molar refractivity (Wildman–Crippen MR) is 72.6 cm³/mol. The number of nitrogens with zero attached hydrogens (tertiary/aromatic N) is 2. The molecular weight excluding hydrogens is 260 g/mol. The molecule has 20 heavy (non-hydrogen) atoms. The zero-order valence-corrected chi connectivity index (χ0v) is 11.1. The van der Waals surface area contributed by atoms with Crippen molar-refractivity contribution >= 4 is 12.2 Å². The third-order valence-corrected chi connectivity index (χ3v) is 2.32. The molecule has 0 atom stereocenters. The Balaban J connectivity index is 2.22. The van der Waals surface area contributed by atoms with Gasteiger partial charge in [-0.1, -0.05) is 0 Å². The summed E-state index contributed by atoms with van der Waals surface area (Å²) in [6.07, 6.45) is 4.30. The van der Waals surface area contributed by atoms with Gasteiger partial charge in [0, 0.05) is 12.8 Å². The summed E-state index contributed by atoms with van der Waals surface area (Å²) >= 11 is 0. The fraction of sp³-hybridized carbons (Fsp3) is 0.429. The molecule has 0 saturated carbocycles. The van der Waals surface area contributed by atoms with Crippen LogP contribution < -0.4 is 9.47 Å². The first-order valence-electron chi connectivity index (χ1n) is 6.29. The fourth-order valence-electron chi connectivity index (χ4n) is 1.39. The average molecular weight is 276 g/mol. The molecule has 0 radical (unpaired) electrons. The number of benzene rings is 1. The molecule has 0 unspecified atom stereocenters. The third kappa shape index (κ3) is 7.11. The zero-order chi connectivity index (χ0) is 14.5. The molecule has 1 aromatic carbocycles. The van der Waals surface area contributed by atoms with E-state index in [4.69, 9.17) is 9.47 Å². The Kier molecular flexibility index (Phi) is 8.21. The van der Waals surface area contributed by atoms with Crippen molar-refractivity contribution in [3.63, 3.8) is 0 Å². The molecule has 0 aliphatic heterocycles. The molecule has 106 valence electrons. The van der Waals surface area contributed by atoms with Crippen molar-refractivity contribution in [2.24, 2.45) is 9.98 Å². The topological polar surface area (TPSA) is 77.3 Å². The van der Waals surface area contributed by atoms with E-state index in [-0.39, 0.29) is 0 Å². The first-order valence-corrected chi connectivity index (χ1v) is 6.29. The molecule has 0 bridgehead atoms. The summed E-state index contributed by atoms with van der Waals surface area (Å²) < 4.78 is 10.9. The van der Waals surface area contributed by atoms with Crippen molar-refractivity contribution in [3.05, 3.63) is 24.3 Å². The smallest absolute Gasteiger partial charge is 0.234 e. The van der Waals surface area contributed by atoms with Gasteiger partial charge in [-0.3, -0.25) is 0 Å². The second kappa shape index (κ2) is 10.5. The van der Waals surface area contributed by atoms with E-state index in [1.807, 2.05) is 24.3 Å². The number of isocyanates is 2. The lowest BCUT2D eigenvalue weighted by molar-refractivity contribution is 0.305. The van der Waals surface area contributed by atoms with Crippen LogP contribution in [-0.4, -0.2) is 38.5 Å². The fourth-order valence-corrected chi connectivity index (χ4v) is 1.39. The van der Waals surface area contributed by atoms with Gasteiger partial charge in [0.1, 0.15) is 11.5 Å². The maximum absolute atomic E-state index is 9.85. The minimum Gasteiger partial charge on any atom is -0.494 e. The molecule has 6 heteroatoms. The van der Waals surface area contributed by atoms with Crippen molar-refractivity contribution in [3.8, 4) is 11.5 Å². The van der Waals surface area contributed by atoms with Gasteiger partial charge in [-0.05, 0) is 24.3 Å². The lowest BCUT2D eigenvalue weighted by Gasteiger charge is -2.07. The van der Waals surface area contributed by atoms with Crippen LogP contribution in [0.1, 0.15) is 12.8 Å². The Hall–Kier alpha value is -2.42. The Labute approximate surface area is 117 Å². The number of aliphatic imine (C=N–C) groups is 2. The van der Waals surface area contributed by atoms with Crippen molar-refractivity contribution in [1.29, 1.82) is 0 Å². The number of carbonyl (C=O) groups excluding carboxylic acids is 2. The van der Waals surface area contributed by atoms with Gasteiger partial charge in [-0.25, -0.2) is 19.6 Å². The third-order valence-electron chi connectivity index (χ3n) is 2.32. The Morgan fingerprint density at radius 1 is 0.800 bits per heavy atom. The summed E-state index contributed by atoms with van der Waals surface area (Å²) in [5.41, 5.74) is 0. The quantitative estimate of drug-likeness (QED) is 0.371. The van der Waals surface area contributed by atoms with E-state index < -0.39 is 0 Å². The van der Waals surface area contributed by atoms with Gasteiger partial charge in [-0.2, -0.15) is 0 Å². The first-order chi connectivity index (χ1) is 9.86. The zero-order valence-electron chi connectivity index (χ0n) is 11.1. The van der Waals surface area contributed by atoms with Crippen LogP contribution in [0.3, 0.4) is 0 Å². The molecule has 0 aliphatic carbocycles. The summed E-state index contributed by atoms with van der Waals surface area (Å²) in [6, 6.07) is 7.23. The molecule has 0 spiro atoms. The Morgan fingerprint density at radius 2 is 1.20 bits per heavy atom. The van der Waals surface area contributed by atoms with Crippen LogP contribution in [0.5, 0.6) is 11.5 Å². The first kappa shape index (κ1) is 15.6. The summed E-state index contributed by atoms with van der Waals surface area (Å²) in [5.74, 6) is 1.47. The molecular formula is C14H16N2O4. The molecule has 1 aromatic rings. The van der Waals surface area contributed by atoms with Gasteiger partial charge in [0.2, 0.25) is 12.2 Å². The number of ether oxygens (including phenoxy) is 2. The van der Waals surface area contributed by atoms with E-state index >= 15 is 0 Å². The largest absolute Gasteiger partial charge is 0.494 e. The Morgan fingerprint density at radius 3 is 1.55 bits per heavy atom. The van der Waals surface area contributed by atoms with E-state index in [2.05, 4.69) is 9.98 Å². The monoisotopic (exact) mass is 276 g/mol. The molecule has 0 heterocycles. The van der Waals surface area contributed by atoms with E-state index in [1.165, 1.54) is 12.2 Å². The molecule has 1 rings (SSSR count). The van der Waals surface area contributed by atoms with Gasteiger partial charge >= 0.3 is 0 Å². The number of rotatable bonds is 10. The Bertz CT molecular complexity index is 429. The molecule has 0 N–H and O–H groups in total. The van der Waals surface area contributed by atoms with Crippen molar-refractivity contribution in [2.45, 2.75) is 12.8 Å². The van der Waals surface area contributed by atoms with Crippen LogP contribution in [0.4, 0.5) is 0 Å². The summed E-state index contributed by atoms with van der Waals surface area (Å²) in [7, 11) is 0. The highest BCUT2D eigenvalue weighted by molar-refractivity contribution is 5.33. The summed E-state index contributed by atoms with van der Waals surface area (Å²) in [4.78, 5) is 26.6. The highest BCUT2D eigenvalue weighted by atomic mass is 16.5. The van der Waals surface area contributed by atoms with Crippen molar-refractivity contribution in [1.82, 2.24) is 0 Å². The van der Waals surface area contributed by atoms with E-state index in [9.17, 15) is 9.59 Å². The maximum atomic E-state index is 9.85. The highest BCUT2D eigenvalue weighted by Crippen LogP contribution is 2.17.